The third-order valence-corrected chi connectivity index (χ3v) is 2.89. The summed E-state index contributed by atoms with van der Waals surface area (Å²) in [4.78, 5) is 25.3. The minimum atomic E-state index is -0.421. The summed E-state index contributed by atoms with van der Waals surface area (Å²) in [6.07, 6.45) is 0. The molecule has 5 heteroatoms. The van der Waals surface area contributed by atoms with Crippen LogP contribution in [0.4, 0.5) is 0 Å². The van der Waals surface area contributed by atoms with Gasteiger partial charge in [0.2, 0.25) is 5.91 Å². The van der Waals surface area contributed by atoms with E-state index in [0.29, 0.717) is 6.54 Å². The molecule has 1 aromatic carbocycles. The average molecular weight is 292 g/mol. The highest BCUT2D eigenvalue weighted by Crippen LogP contribution is 2.06. The van der Waals surface area contributed by atoms with Gasteiger partial charge >= 0.3 is 5.97 Å². The SMILES string of the molecule is COC(=O)CN(Cc1ccccc1)C(=O)CNC(C)(C)C. The van der Waals surface area contributed by atoms with Gasteiger partial charge in [0.15, 0.2) is 0 Å². The Morgan fingerprint density at radius 3 is 2.33 bits per heavy atom. The van der Waals surface area contributed by atoms with E-state index in [1.165, 1.54) is 12.0 Å². The molecule has 0 saturated carbocycles. The van der Waals surface area contributed by atoms with Gasteiger partial charge in [-0.3, -0.25) is 9.59 Å². The number of ether oxygens (including phenoxy) is 1. The predicted molar refractivity (Wildman–Crippen MR) is 81.6 cm³/mol. The number of hydrogen-bond acceptors (Lipinski definition) is 4. The Morgan fingerprint density at radius 2 is 1.81 bits per heavy atom. The summed E-state index contributed by atoms with van der Waals surface area (Å²) in [5.74, 6) is -0.547. The summed E-state index contributed by atoms with van der Waals surface area (Å²) in [7, 11) is 1.32. The number of benzene rings is 1. The van der Waals surface area contributed by atoms with Gasteiger partial charge in [-0.15, -0.1) is 0 Å². The molecule has 116 valence electrons. The summed E-state index contributed by atoms with van der Waals surface area (Å²) < 4.78 is 4.66. The van der Waals surface area contributed by atoms with E-state index < -0.39 is 5.97 Å². The number of esters is 1. The molecule has 1 rings (SSSR count). The van der Waals surface area contributed by atoms with Gasteiger partial charge in [-0.1, -0.05) is 30.3 Å². The highest BCUT2D eigenvalue weighted by atomic mass is 16.5. The van der Waals surface area contributed by atoms with E-state index in [4.69, 9.17) is 0 Å². The molecule has 0 aliphatic carbocycles. The van der Waals surface area contributed by atoms with Crippen molar-refractivity contribution in [1.82, 2.24) is 10.2 Å². The minimum absolute atomic E-state index is 0.0456. The summed E-state index contributed by atoms with van der Waals surface area (Å²) in [5, 5.41) is 3.14. The molecule has 0 bridgehead atoms. The number of methoxy groups -OCH3 is 1. The van der Waals surface area contributed by atoms with Crippen molar-refractivity contribution in [2.45, 2.75) is 32.9 Å². The standard InChI is InChI=1S/C16H24N2O3/c1-16(2,3)17-10-14(19)18(12-15(20)21-4)11-13-8-6-5-7-9-13/h5-9,17H,10-12H2,1-4H3. The van der Waals surface area contributed by atoms with Crippen molar-refractivity contribution in [2.75, 3.05) is 20.2 Å². The molecular formula is C16H24N2O3. The van der Waals surface area contributed by atoms with Gasteiger partial charge in [-0.2, -0.15) is 0 Å². The van der Waals surface area contributed by atoms with Gasteiger partial charge in [0.05, 0.1) is 13.7 Å². The maximum atomic E-state index is 12.3. The van der Waals surface area contributed by atoms with Crippen LogP contribution in [0.2, 0.25) is 0 Å². The molecule has 0 spiro atoms. The van der Waals surface area contributed by atoms with E-state index in [1.54, 1.807) is 0 Å². The van der Waals surface area contributed by atoms with Crippen molar-refractivity contribution >= 4 is 11.9 Å². The fourth-order valence-electron chi connectivity index (χ4n) is 1.71. The number of carbonyl (C=O) groups excluding carboxylic acids is 2. The molecule has 0 aliphatic heterocycles. The van der Waals surface area contributed by atoms with Crippen LogP contribution in [-0.4, -0.2) is 42.5 Å². The second kappa shape index (κ2) is 7.78. The van der Waals surface area contributed by atoms with Crippen molar-refractivity contribution in [3.8, 4) is 0 Å². The zero-order valence-corrected chi connectivity index (χ0v) is 13.2. The lowest BCUT2D eigenvalue weighted by atomic mass is 10.1. The fourth-order valence-corrected chi connectivity index (χ4v) is 1.71. The Bertz CT molecular complexity index is 466. The first-order chi connectivity index (χ1) is 9.81. The highest BCUT2D eigenvalue weighted by molar-refractivity contribution is 5.83. The Morgan fingerprint density at radius 1 is 1.19 bits per heavy atom. The van der Waals surface area contributed by atoms with Crippen LogP contribution in [0.25, 0.3) is 0 Å². The number of rotatable bonds is 6. The van der Waals surface area contributed by atoms with Crippen molar-refractivity contribution in [1.29, 1.82) is 0 Å². The van der Waals surface area contributed by atoms with E-state index >= 15 is 0 Å². The van der Waals surface area contributed by atoms with Crippen LogP contribution in [0.5, 0.6) is 0 Å². The Kier molecular flexibility index (Phi) is 6.37. The molecule has 0 radical (unpaired) electrons. The molecule has 0 atom stereocenters. The van der Waals surface area contributed by atoms with E-state index in [0.717, 1.165) is 5.56 Å². The fraction of sp³-hybridized carbons (Fsp3) is 0.500. The van der Waals surface area contributed by atoms with E-state index in [2.05, 4.69) is 10.1 Å². The van der Waals surface area contributed by atoms with Crippen molar-refractivity contribution in [3.63, 3.8) is 0 Å². The minimum Gasteiger partial charge on any atom is -0.468 e. The normalized spacial score (nSPS) is 11.0. The number of hydrogen-bond donors (Lipinski definition) is 1. The predicted octanol–water partition coefficient (Wildman–Crippen LogP) is 1.58. The van der Waals surface area contributed by atoms with Crippen LogP contribution in [0.1, 0.15) is 26.3 Å². The lowest BCUT2D eigenvalue weighted by Gasteiger charge is -2.25. The Labute approximate surface area is 126 Å². The molecule has 0 saturated heterocycles. The highest BCUT2D eigenvalue weighted by Gasteiger charge is 2.19. The maximum Gasteiger partial charge on any atom is 0.325 e. The molecule has 0 unspecified atom stereocenters. The Hall–Kier alpha value is -1.88. The van der Waals surface area contributed by atoms with Crippen LogP contribution in [0.3, 0.4) is 0 Å². The second-order valence-corrected chi connectivity index (χ2v) is 5.92. The topological polar surface area (TPSA) is 58.6 Å². The number of amides is 1. The number of carbonyl (C=O) groups is 2. The summed E-state index contributed by atoms with van der Waals surface area (Å²) in [6, 6.07) is 9.58. The second-order valence-electron chi connectivity index (χ2n) is 5.92. The number of nitrogens with one attached hydrogen (secondary N) is 1. The van der Waals surface area contributed by atoms with Crippen LogP contribution < -0.4 is 5.32 Å². The third kappa shape index (κ3) is 6.90. The monoisotopic (exact) mass is 292 g/mol. The molecule has 0 aromatic heterocycles. The lowest BCUT2D eigenvalue weighted by Crippen LogP contribution is -2.46. The quantitative estimate of drug-likeness (QED) is 0.809. The Balaban J connectivity index is 2.72. The first-order valence-electron chi connectivity index (χ1n) is 6.95. The zero-order valence-electron chi connectivity index (χ0n) is 13.2. The van der Waals surface area contributed by atoms with Gasteiger partial charge in [0.25, 0.3) is 0 Å². The van der Waals surface area contributed by atoms with Gasteiger partial charge in [0, 0.05) is 12.1 Å². The van der Waals surface area contributed by atoms with E-state index in [9.17, 15) is 9.59 Å². The summed E-state index contributed by atoms with van der Waals surface area (Å²) in [6.45, 7) is 6.50. The van der Waals surface area contributed by atoms with E-state index in [1.807, 2.05) is 51.1 Å². The van der Waals surface area contributed by atoms with Crippen molar-refractivity contribution in [2.24, 2.45) is 0 Å². The number of nitrogens with zero attached hydrogens (tertiary/aromatic N) is 1. The molecule has 1 N–H and O–H groups in total. The first kappa shape index (κ1) is 17.2. The zero-order chi connectivity index (χ0) is 15.9. The summed E-state index contributed by atoms with van der Waals surface area (Å²) in [5.41, 5.74) is 0.824. The van der Waals surface area contributed by atoms with Gasteiger partial charge in [0.1, 0.15) is 6.54 Å². The van der Waals surface area contributed by atoms with Crippen molar-refractivity contribution < 1.29 is 14.3 Å². The molecule has 0 fully saturated rings. The van der Waals surface area contributed by atoms with Crippen LogP contribution in [0, 0.1) is 0 Å². The molecule has 1 amide bonds. The van der Waals surface area contributed by atoms with Gasteiger partial charge in [-0.05, 0) is 26.3 Å². The van der Waals surface area contributed by atoms with Gasteiger partial charge in [-0.25, -0.2) is 0 Å². The molecule has 1 aromatic rings. The van der Waals surface area contributed by atoms with E-state index in [-0.39, 0.29) is 24.5 Å². The largest absolute Gasteiger partial charge is 0.468 e. The molecule has 21 heavy (non-hydrogen) atoms. The van der Waals surface area contributed by atoms with Crippen LogP contribution in [0.15, 0.2) is 30.3 Å². The molecule has 5 nitrogen and oxygen atoms in total. The first-order valence-corrected chi connectivity index (χ1v) is 6.95. The van der Waals surface area contributed by atoms with Gasteiger partial charge < -0.3 is 15.0 Å². The third-order valence-electron chi connectivity index (χ3n) is 2.89. The van der Waals surface area contributed by atoms with Crippen LogP contribution in [-0.2, 0) is 20.9 Å². The lowest BCUT2D eigenvalue weighted by molar-refractivity contribution is -0.147. The smallest absolute Gasteiger partial charge is 0.325 e. The molecular weight excluding hydrogens is 268 g/mol. The van der Waals surface area contributed by atoms with Crippen LogP contribution >= 0.6 is 0 Å². The summed E-state index contributed by atoms with van der Waals surface area (Å²) >= 11 is 0. The molecule has 0 aliphatic rings. The van der Waals surface area contributed by atoms with Crippen molar-refractivity contribution in [3.05, 3.63) is 35.9 Å². The maximum absolute atomic E-state index is 12.3. The average Bonchev–Trinajstić information content (AvgIpc) is 2.44. The molecule has 0 heterocycles.